The van der Waals surface area contributed by atoms with Crippen LogP contribution in [0.15, 0.2) is 36.7 Å². The molecule has 0 spiro atoms. The Morgan fingerprint density at radius 1 is 1.17 bits per heavy atom. The lowest BCUT2D eigenvalue weighted by molar-refractivity contribution is 0.0943. The molecule has 1 heterocycles. The van der Waals surface area contributed by atoms with Crippen LogP contribution in [0.25, 0.3) is 0 Å². The zero-order valence-electron chi connectivity index (χ0n) is 13.7. The van der Waals surface area contributed by atoms with Gasteiger partial charge in [0.05, 0.1) is 19.0 Å². The van der Waals surface area contributed by atoms with Crippen LogP contribution in [0.4, 0.5) is 11.5 Å². The normalized spacial score (nSPS) is 10.4. The highest BCUT2D eigenvalue weighted by Gasteiger charge is 2.08. The van der Waals surface area contributed by atoms with Gasteiger partial charge in [-0.3, -0.25) is 4.79 Å². The second-order valence-electron chi connectivity index (χ2n) is 5.47. The number of hydrogen-bond donors (Lipinski definition) is 2. The second-order valence-corrected chi connectivity index (χ2v) is 5.47. The van der Waals surface area contributed by atoms with E-state index < -0.39 is 0 Å². The SMILES string of the molecule is CCOc1ccc(Nc2cnc(C(=O)NCC(C)C)cn2)cc1. The maximum Gasteiger partial charge on any atom is 0.271 e. The number of anilines is 2. The van der Waals surface area contributed by atoms with Crippen LogP contribution in [0.5, 0.6) is 5.75 Å². The van der Waals surface area contributed by atoms with Gasteiger partial charge in [-0.1, -0.05) is 13.8 Å². The van der Waals surface area contributed by atoms with Gasteiger partial charge in [0.2, 0.25) is 0 Å². The molecule has 0 saturated carbocycles. The summed E-state index contributed by atoms with van der Waals surface area (Å²) in [5, 5.41) is 5.94. The van der Waals surface area contributed by atoms with E-state index in [1.165, 1.54) is 6.20 Å². The lowest BCUT2D eigenvalue weighted by Crippen LogP contribution is -2.28. The third-order valence-corrected chi connectivity index (χ3v) is 2.99. The maximum atomic E-state index is 11.9. The zero-order valence-corrected chi connectivity index (χ0v) is 13.7. The Hall–Kier alpha value is -2.63. The first-order chi connectivity index (χ1) is 11.1. The smallest absolute Gasteiger partial charge is 0.271 e. The van der Waals surface area contributed by atoms with Crippen molar-refractivity contribution < 1.29 is 9.53 Å². The van der Waals surface area contributed by atoms with Gasteiger partial charge in [0, 0.05) is 12.2 Å². The summed E-state index contributed by atoms with van der Waals surface area (Å²) < 4.78 is 5.39. The highest BCUT2D eigenvalue weighted by molar-refractivity contribution is 5.92. The summed E-state index contributed by atoms with van der Waals surface area (Å²) in [6, 6.07) is 7.56. The third-order valence-electron chi connectivity index (χ3n) is 2.99. The van der Waals surface area contributed by atoms with Gasteiger partial charge in [0.25, 0.3) is 5.91 Å². The van der Waals surface area contributed by atoms with Crippen molar-refractivity contribution in [3.63, 3.8) is 0 Å². The van der Waals surface area contributed by atoms with Crippen LogP contribution >= 0.6 is 0 Å². The van der Waals surface area contributed by atoms with Gasteiger partial charge in [0.1, 0.15) is 17.3 Å². The van der Waals surface area contributed by atoms with Gasteiger partial charge in [-0.2, -0.15) is 0 Å². The van der Waals surface area contributed by atoms with Gasteiger partial charge in [-0.05, 0) is 37.1 Å². The van der Waals surface area contributed by atoms with E-state index in [2.05, 4.69) is 20.6 Å². The molecule has 0 aliphatic carbocycles. The van der Waals surface area contributed by atoms with Crippen LogP contribution in [0.2, 0.25) is 0 Å². The average molecular weight is 314 g/mol. The monoisotopic (exact) mass is 314 g/mol. The predicted molar refractivity (Wildman–Crippen MR) is 90.1 cm³/mol. The van der Waals surface area contributed by atoms with Crippen molar-refractivity contribution in [2.24, 2.45) is 5.92 Å². The van der Waals surface area contributed by atoms with E-state index in [0.717, 1.165) is 11.4 Å². The average Bonchev–Trinajstić information content (AvgIpc) is 2.55. The number of ether oxygens (including phenoxy) is 1. The minimum absolute atomic E-state index is 0.209. The molecule has 1 aromatic heterocycles. The van der Waals surface area contributed by atoms with Crippen molar-refractivity contribution in [3.05, 3.63) is 42.4 Å². The molecule has 1 amide bonds. The van der Waals surface area contributed by atoms with Gasteiger partial charge in [0.15, 0.2) is 0 Å². The number of nitrogens with zero attached hydrogens (tertiary/aromatic N) is 2. The van der Waals surface area contributed by atoms with Crippen LogP contribution in [0.3, 0.4) is 0 Å². The van der Waals surface area contributed by atoms with E-state index in [1.807, 2.05) is 45.0 Å². The number of benzene rings is 1. The van der Waals surface area contributed by atoms with E-state index >= 15 is 0 Å². The Labute approximate surface area is 136 Å². The highest BCUT2D eigenvalue weighted by Crippen LogP contribution is 2.18. The first kappa shape index (κ1) is 16.7. The highest BCUT2D eigenvalue weighted by atomic mass is 16.5. The van der Waals surface area contributed by atoms with E-state index in [1.54, 1.807) is 6.20 Å². The molecule has 2 rings (SSSR count). The largest absolute Gasteiger partial charge is 0.494 e. The summed E-state index contributed by atoms with van der Waals surface area (Å²) in [6.07, 6.45) is 3.01. The van der Waals surface area contributed by atoms with E-state index in [0.29, 0.717) is 30.6 Å². The summed E-state index contributed by atoms with van der Waals surface area (Å²) >= 11 is 0. The Morgan fingerprint density at radius 2 is 1.91 bits per heavy atom. The van der Waals surface area contributed by atoms with Gasteiger partial charge in [-0.15, -0.1) is 0 Å². The molecule has 0 bridgehead atoms. The number of hydrogen-bond acceptors (Lipinski definition) is 5. The molecule has 6 nitrogen and oxygen atoms in total. The topological polar surface area (TPSA) is 76.1 Å². The van der Waals surface area contributed by atoms with E-state index in [9.17, 15) is 4.79 Å². The molecular formula is C17H22N4O2. The van der Waals surface area contributed by atoms with Crippen molar-refractivity contribution in [1.82, 2.24) is 15.3 Å². The van der Waals surface area contributed by atoms with Crippen LogP contribution in [-0.4, -0.2) is 29.0 Å². The van der Waals surface area contributed by atoms with Crippen LogP contribution in [0.1, 0.15) is 31.3 Å². The third kappa shape index (κ3) is 5.25. The van der Waals surface area contributed by atoms with Crippen LogP contribution in [0, 0.1) is 5.92 Å². The predicted octanol–water partition coefficient (Wildman–Crippen LogP) is 3.00. The molecule has 0 unspecified atom stereocenters. The number of carbonyl (C=O) groups is 1. The standard InChI is InChI=1S/C17H22N4O2/c1-4-23-14-7-5-13(6-8-14)21-16-11-18-15(10-19-16)17(22)20-9-12(2)3/h5-8,10-12H,4,9H2,1-3H3,(H,19,21)(H,20,22). The summed E-state index contributed by atoms with van der Waals surface area (Å²) in [5.74, 6) is 1.59. The number of amides is 1. The van der Waals surface area contributed by atoms with E-state index in [4.69, 9.17) is 4.74 Å². The Morgan fingerprint density at radius 3 is 2.48 bits per heavy atom. The molecule has 0 saturated heterocycles. The van der Waals surface area contributed by atoms with Gasteiger partial charge in [-0.25, -0.2) is 9.97 Å². The Balaban J connectivity index is 1.95. The summed E-state index contributed by atoms with van der Waals surface area (Å²) in [7, 11) is 0. The summed E-state index contributed by atoms with van der Waals surface area (Å²) in [6.45, 7) is 7.28. The number of nitrogens with one attached hydrogen (secondary N) is 2. The molecule has 0 aliphatic rings. The lowest BCUT2D eigenvalue weighted by Gasteiger charge is -2.09. The van der Waals surface area contributed by atoms with Crippen LogP contribution < -0.4 is 15.4 Å². The first-order valence-corrected chi connectivity index (χ1v) is 7.68. The summed E-state index contributed by atoms with van der Waals surface area (Å²) in [4.78, 5) is 20.2. The Kier molecular flexibility index (Phi) is 5.91. The second kappa shape index (κ2) is 8.12. The minimum atomic E-state index is -0.209. The van der Waals surface area contributed by atoms with Crippen LogP contribution in [-0.2, 0) is 0 Å². The molecule has 0 fully saturated rings. The molecule has 0 atom stereocenters. The minimum Gasteiger partial charge on any atom is -0.494 e. The fraction of sp³-hybridized carbons (Fsp3) is 0.353. The maximum absolute atomic E-state index is 11.9. The summed E-state index contributed by atoms with van der Waals surface area (Å²) in [5.41, 5.74) is 1.18. The van der Waals surface area contributed by atoms with Crippen molar-refractivity contribution in [3.8, 4) is 5.75 Å². The molecule has 0 aliphatic heterocycles. The Bertz CT molecular complexity index is 624. The molecule has 2 aromatic rings. The van der Waals surface area contributed by atoms with Gasteiger partial charge >= 0.3 is 0 Å². The fourth-order valence-electron chi connectivity index (χ4n) is 1.85. The molecule has 23 heavy (non-hydrogen) atoms. The zero-order chi connectivity index (χ0) is 16.7. The lowest BCUT2D eigenvalue weighted by atomic mass is 10.2. The van der Waals surface area contributed by atoms with Gasteiger partial charge < -0.3 is 15.4 Å². The first-order valence-electron chi connectivity index (χ1n) is 7.68. The number of aromatic nitrogens is 2. The molecular weight excluding hydrogens is 292 g/mol. The van der Waals surface area contributed by atoms with Crippen molar-refractivity contribution >= 4 is 17.4 Å². The number of carbonyl (C=O) groups excluding carboxylic acids is 1. The molecule has 6 heteroatoms. The molecule has 2 N–H and O–H groups in total. The van der Waals surface area contributed by atoms with Crippen molar-refractivity contribution in [1.29, 1.82) is 0 Å². The molecule has 0 radical (unpaired) electrons. The van der Waals surface area contributed by atoms with Crippen molar-refractivity contribution in [2.45, 2.75) is 20.8 Å². The van der Waals surface area contributed by atoms with E-state index in [-0.39, 0.29) is 5.91 Å². The fourth-order valence-corrected chi connectivity index (χ4v) is 1.85. The molecule has 122 valence electrons. The molecule has 1 aromatic carbocycles. The van der Waals surface area contributed by atoms with Crippen molar-refractivity contribution in [2.75, 3.05) is 18.5 Å². The number of rotatable bonds is 7. The quantitative estimate of drug-likeness (QED) is 0.821.